The Morgan fingerprint density at radius 1 is 1.40 bits per heavy atom. The molecule has 3 rings (SSSR count). The monoisotopic (exact) mass is 345 g/mol. The van der Waals surface area contributed by atoms with Crippen LogP contribution in [0.4, 0.5) is 5.95 Å². The van der Waals surface area contributed by atoms with Crippen molar-refractivity contribution in [2.24, 2.45) is 11.8 Å². The number of carbonyl (C=O) groups excluding carboxylic acids is 2. The van der Waals surface area contributed by atoms with Crippen molar-refractivity contribution < 1.29 is 9.59 Å². The molecule has 1 aromatic heterocycles. The third-order valence-electron chi connectivity index (χ3n) is 5.22. The Labute approximate surface area is 148 Å². The molecular formula is C18H27N5O2. The molecule has 0 bridgehead atoms. The van der Waals surface area contributed by atoms with Crippen LogP contribution in [0.3, 0.4) is 0 Å². The molecule has 2 amide bonds. The van der Waals surface area contributed by atoms with E-state index in [1.54, 1.807) is 6.92 Å². The van der Waals surface area contributed by atoms with Crippen molar-refractivity contribution in [3.8, 4) is 0 Å². The average molecular weight is 345 g/mol. The van der Waals surface area contributed by atoms with Crippen LogP contribution in [0.25, 0.3) is 0 Å². The SMILES string of the molecule is Cc1nc(N)ncc1C(=O)N1CC[C@@H]2[C@@H](CCC(=O)N2CC(C)C)C1. The first kappa shape index (κ1) is 17.6. The maximum absolute atomic E-state index is 12.9. The lowest BCUT2D eigenvalue weighted by molar-refractivity contribution is -0.141. The highest BCUT2D eigenvalue weighted by atomic mass is 16.2. The summed E-state index contributed by atoms with van der Waals surface area (Å²) in [7, 11) is 0. The second-order valence-corrected chi connectivity index (χ2v) is 7.57. The van der Waals surface area contributed by atoms with E-state index in [0.29, 0.717) is 42.6 Å². The van der Waals surface area contributed by atoms with Gasteiger partial charge >= 0.3 is 0 Å². The maximum Gasteiger partial charge on any atom is 0.257 e. The van der Waals surface area contributed by atoms with Crippen molar-refractivity contribution in [2.45, 2.75) is 46.1 Å². The molecule has 0 aliphatic carbocycles. The third kappa shape index (κ3) is 3.60. The summed E-state index contributed by atoms with van der Waals surface area (Å²) < 4.78 is 0. The lowest BCUT2D eigenvalue weighted by atomic mass is 9.83. The molecule has 0 radical (unpaired) electrons. The zero-order chi connectivity index (χ0) is 18.1. The van der Waals surface area contributed by atoms with Crippen LogP contribution in [0.15, 0.2) is 6.20 Å². The van der Waals surface area contributed by atoms with Crippen molar-refractivity contribution >= 4 is 17.8 Å². The van der Waals surface area contributed by atoms with Crippen LogP contribution in [-0.2, 0) is 4.79 Å². The number of hydrogen-bond donors (Lipinski definition) is 1. The largest absolute Gasteiger partial charge is 0.368 e. The number of anilines is 1. The Morgan fingerprint density at radius 3 is 2.84 bits per heavy atom. The van der Waals surface area contributed by atoms with Gasteiger partial charge in [-0.2, -0.15) is 0 Å². The van der Waals surface area contributed by atoms with Crippen molar-refractivity contribution in [3.05, 3.63) is 17.5 Å². The Hall–Kier alpha value is -2.18. The number of likely N-dealkylation sites (tertiary alicyclic amines) is 2. The van der Waals surface area contributed by atoms with Crippen molar-refractivity contribution in [3.63, 3.8) is 0 Å². The van der Waals surface area contributed by atoms with Gasteiger partial charge in [0.2, 0.25) is 11.9 Å². The zero-order valence-corrected chi connectivity index (χ0v) is 15.2. The number of amides is 2. The normalized spacial score (nSPS) is 23.8. The van der Waals surface area contributed by atoms with Gasteiger partial charge in [-0.1, -0.05) is 13.8 Å². The van der Waals surface area contributed by atoms with Crippen LogP contribution in [0.1, 0.15) is 49.2 Å². The molecule has 2 atom stereocenters. The molecule has 0 spiro atoms. The minimum absolute atomic E-state index is 0.0386. The number of aromatic nitrogens is 2. The van der Waals surface area contributed by atoms with Gasteiger partial charge in [0.1, 0.15) is 0 Å². The number of nitrogens with zero attached hydrogens (tertiary/aromatic N) is 4. The van der Waals surface area contributed by atoms with E-state index >= 15 is 0 Å². The average Bonchev–Trinajstić information content (AvgIpc) is 2.56. The van der Waals surface area contributed by atoms with Gasteiger partial charge in [-0.3, -0.25) is 9.59 Å². The van der Waals surface area contributed by atoms with Gasteiger partial charge in [0.05, 0.1) is 11.3 Å². The predicted octanol–water partition coefficient (Wildman–Crippen LogP) is 1.48. The second-order valence-electron chi connectivity index (χ2n) is 7.57. The molecule has 3 heterocycles. The number of piperidine rings is 2. The number of hydrogen-bond acceptors (Lipinski definition) is 5. The van der Waals surface area contributed by atoms with Crippen molar-refractivity contribution in [1.29, 1.82) is 0 Å². The highest BCUT2D eigenvalue weighted by Gasteiger charge is 2.40. The van der Waals surface area contributed by atoms with E-state index in [0.717, 1.165) is 19.4 Å². The summed E-state index contributed by atoms with van der Waals surface area (Å²) in [6.07, 6.45) is 3.80. The summed E-state index contributed by atoms with van der Waals surface area (Å²) >= 11 is 0. The molecule has 0 aromatic carbocycles. The fourth-order valence-corrected chi connectivity index (χ4v) is 4.03. The molecular weight excluding hydrogens is 318 g/mol. The first-order valence-electron chi connectivity index (χ1n) is 9.04. The van der Waals surface area contributed by atoms with Gasteiger partial charge in [-0.25, -0.2) is 9.97 Å². The maximum atomic E-state index is 12.9. The number of aryl methyl sites for hydroxylation is 1. The molecule has 136 valence electrons. The minimum atomic E-state index is -0.0386. The minimum Gasteiger partial charge on any atom is -0.368 e. The van der Waals surface area contributed by atoms with Gasteiger partial charge in [0, 0.05) is 38.3 Å². The summed E-state index contributed by atoms with van der Waals surface area (Å²) in [5, 5.41) is 0. The quantitative estimate of drug-likeness (QED) is 0.896. The fourth-order valence-electron chi connectivity index (χ4n) is 4.03. The van der Waals surface area contributed by atoms with Crippen LogP contribution in [0.5, 0.6) is 0 Å². The van der Waals surface area contributed by atoms with E-state index in [9.17, 15) is 9.59 Å². The van der Waals surface area contributed by atoms with Crippen LogP contribution < -0.4 is 5.73 Å². The first-order chi connectivity index (χ1) is 11.9. The number of nitrogen functional groups attached to an aromatic ring is 1. The fraction of sp³-hybridized carbons (Fsp3) is 0.667. The lowest BCUT2D eigenvalue weighted by Crippen LogP contribution is -2.57. The van der Waals surface area contributed by atoms with Crippen LogP contribution in [-0.4, -0.2) is 57.3 Å². The highest BCUT2D eigenvalue weighted by Crippen LogP contribution is 2.32. The van der Waals surface area contributed by atoms with Crippen LogP contribution in [0.2, 0.25) is 0 Å². The third-order valence-corrected chi connectivity index (χ3v) is 5.22. The summed E-state index contributed by atoms with van der Waals surface area (Å²) in [5.74, 6) is 1.21. The summed E-state index contributed by atoms with van der Waals surface area (Å²) in [6, 6.07) is 0.261. The molecule has 2 saturated heterocycles. The lowest BCUT2D eigenvalue weighted by Gasteiger charge is -2.47. The molecule has 2 aliphatic heterocycles. The van der Waals surface area contributed by atoms with Crippen molar-refractivity contribution in [1.82, 2.24) is 19.8 Å². The van der Waals surface area contributed by atoms with Gasteiger partial charge in [-0.15, -0.1) is 0 Å². The molecule has 2 N–H and O–H groups in total. The second kappa shape index (κ2) is 6.98. The summed E-state index contributed by atoms with van der Waals surface area (Å²) in [5.41, 5.74) is 6.70. The molecule has 0 saturated carbocycles. The number of carbonyl (C=O) groups is 2. The Bertz CT molecular complexity index is 675. The van der Waals surface area contributed by atoms with Gasteiger partial charge in [-0.05, 0) is 31.6 Å². The van der Waals surface area contributed by atoms with E-state index < -0.39 is 0 Å². The molecule has 25 heavy (non-hydrogen) atoms. The zero-order valence-electron chi connectivity index (χ0n) is 15.2. The highest BCUT2D eigenvalue weighted by molar-refractivity contribution is 5.95. The van der Waals surface area contributed by atoms with E-state index in [1.807, 2.05) is 4.90 Å². The van der Waals surface area contributed by atoms with Crippen LogP contribution >= 0.6 is 0 Å². The number of rotatable bonds is 3. The number of fused-ring (bicyclic) bond motifs is 1. The van der Waals surface area contributed by atoms with Crippen LogP contribution in [0, 0.1) is 18.8 Å². The Balaban J connectivity index is 1.72. The Morgan fingerprint density at radius 2 is 2.16 bits per heavy atom. The molecule has 0 unspecified atom stereocenters. The summed E-state index contributed by atoms with van der Waals surface area (Å²) in [4.78, 5) is 37.2. The smallest absolute Gasteiger partial charge is 0.257 e. The van der Waals surface area contributed by atoms with Gasteiger partial charge in [0.15, 0.2) is 0 Å². The molecule has 2 fully saturated rings. The molecule has 7 heteroatoms. The van der Waals surface area contributed by atoms with E-state index in [4.69, 9.17) is 5.73 Å². The van der Waals surface area contributed by atoms with E-state index in [1.165, 1.54) is 6.20 Å². The topological polar surface area (TPSA) is 92.4 Å². The summed E-state index contributed by atoms with van der Waals surface area (Å²) in [6.45, 7) is 8.21. The molecule has 1 aromatic rings. The van der Waals surface area contributed by atoms with Crippen molar-refractivity contribution in [2.75, 3.05) is 25.4 Å². The van der Waals surface area contributed by atoms with E-state index in [2.05, 4.69) is 28.7 Å². The number of nitrogens with two attached hydrogens (primary N) is 1. The van der Waals surface area contributed by atoms with Gasteiger partial charge < -0.3 is 15.5 Å². The Kier molecular flexibility index (Phi) is 4.92. The van der Waals surface area contributed by atoms with Gasteiger partial charge in [0.25, 0.3) is 5.91 Å². The molecule has 2 aliphatic rings. The van der Waals surface area contributed by atoms with E-state index in [-0.39, 0.29) is 23.8 Å². The predicted molar refractivity (Wildman–Crippen MR) is 94.8 cm³/mol. The molecule has 7 nitrogen and oxygen atoms in total. The first-order valence-corrected chi connectivity index (χ1v) is 9.04. The standard InChI is InChI=1S/C18H27N5O2/c1-11(2)9-23-15-6-7-22(10-13(15)4-5-16(23)24)17(25)14-8-20-18(19)21-12(14)3/h8,11,13,15H,4-7,9-10H2,1-3H3,(H2,19,20,21)/t13-,15+/m0/s1.